The molecule has 0 saturated carbocycles. The Balaban J connectivity index is 0. The Labute approximate surface area is 112 Å². The van der Waals surface area contributed by atoms with Crippen molar-refractivity contribution in [2.75, 3.05) is 0 Å². The molecule has 1 nitrogen and oxygen atoms in total. The number of aliphatic hydroxyl groups is 1. The maximum absolute atomic E-state index is 9.22. The Hall–Kier alpha value is -2.02. The minimum atomic E-state index is -0.0344. The molecule has 1 heteroatoms. The van der Waals surface area contributed by atoms with Crippen molar-refractivity contribution in [1.29, 1.82) is 0 Å². The second-order valence-electron chi connectivity index (χ2n) is 3.48. The predicted octanol–water partition coefficient (Wildman–Crippen LogP) is 5.44. The minimum Gasteiger partial charge on any atom is -0.508 e. The van der Waals surface area contributed by atoms with Crippen molar-refractivity contribution in [2.24, 2.45) is 0 Å². The molecule has 0 amide bonds. The Kier molecular flexibility index (Phi) is 10.4. The molecule has 0 aromatic heterocycles. The van der Waals surface area contributed by atoms with Gasteiger partial charge in [-0.1, -0.05) is 70.5 Å². The summed E-state index contributed by atoms with van der Waals surface area (Å²) in [6.07, 6.45) is 6.87. The van der Waals surface area contributed by atoms with Crippen LogP contribution in [-0.4, -0.2) is 5.11 Å². The van der Waals surface area contributed by atoms with Crippen molar-refractivity contribution in [3.8, 4) is 0 Å². The molecule has 0 unspecified atom stereocenters. The van der Waals surface area contributed by atoms with Crippen molar-refractivity contribution in [3.05, 3.63) is 85.3 Å². The fourth-order valence-corrected chi connectivity index (χ4v) is 0.890. The van der Waals surface area contributed by atoms with E-state index >= 15 is 0 Å². The third-order valence-corrected chi connectivity index (χ3v) is 1.86. The summed E-state index contributed by atoms with van der Waals surface area (Å²) >= 11 is 0. The second-order valence-corrected chi connectivity index (χ2v) is 3.48. The first-order chi connectivity index (χ1) is 8.38. The second kappa shape index (κ2) is 10.2. The summed E-state index contributed by atoms with van der Waals surface area (Å²) in [7, 11) is 0. The SMILES string of the molecule is C=C/C(=C\C(=C)C(=C)/C=C\C(=C)C)C(=C)O.CC. The van der Waals surface area contributed by atoms with E-state index in [9.17, 15) is 5.11 Å². The van der Waals surface area contributed by atoms with E-state index in [0.717, 1.165) is 11.1 Å². The van der Waals surface area contributed by atoms with Crippen molar-refractivity contribution in [2.45, 2.75) is 20.8 Å². The molecule has 0 aromatic rings. The van der Waals surface area contributed by atoms with Gasteiger partial charge in [0.25, 0.3) is 0 Å². The van der Waals surface area contributed by atoms with Crippen LogP contribution in [0.4, 0.5) is 0 Å². The van der Waals surface area contributed by atoms with Gasteiger partial charge in [-0.2, -0.15) is 0 Å². The fourth-order valence-electron chi connectivity index (χ4n) is 0.890. The molecule has 0 aliphatic carbocycles. The van der Waals surface area contributed by atoms with Gasteiger partial charge in [0.1, 0.15) is 5.76 Å². The largest absolute Gasteiger partial charge is 0.508 e. The summed E-state index contributed by atoms with van der Waals surface area (Å²) in [6.45, 7) is 24.3. The molecule has 0 heterocycles. The van der Waals surface area contributed by atoms with Crippen LogP contribution in [0, 0.1) is 0 Å². The van der Waals surface area contributed by atoms with Crippen LogP contribution < -0.4 is 0 Å². The molecule has 0 aliphatic heterocycles. The van der Waals surface area contributed by atoms with Crippen LogP contribution in [0.25, 0.3) is 0 Å². The number of rotatable bonds is 6. The summed E-state index contributed by atoms with van der Waals surface area (Å²) in [6, 6.07) is 0. The smallest absolute Gasteiger partial charge is 0.115 e. The first-order valence-electron chi connectivity index (χ1n) is 5.82. The van der Waals surface area contributed by atoms with Gasteiger partial charge in [-0.25, -0.2) is 0 Å². The van der Waals surface area contributed by atoms with Crippen LogP contribution >= 0.6 is 0 Å². The van der Waals surface area contributed by atoms with Crippen LogP contribution in [0.5, 0.6) is 0 Å². The van der Waals surface area contributed by atoms with Crippen LogP contribution in [0.1, 0.15) is 20.8 Å². The fraction of sp³-hybridized carbons (Fsp3) is 0.176. The highest BCUT2D eigenvalue weighted by molar-refractivity contribution is 5.49. The molecule has 1 N–H and O–H groups in total. The van der Waals surface area contributed by atoms with Gasteiger partial charge in [-0.3, -0.25) is 0 Å². The maximum Gasteiger partial charge on any atom is 0.115 e. The lowest BCUT2D eigenvalue weighted by atomic mass is 10.0. The first-order valence-corrected chi connectivity index (χ1v) is 5.82. The molecule has 0 bridgehead atoms. The van der Waals surface area contributed by atoms with E-state index in [-0.39, 0.29) is 5.76 Å². The zero-order chi connectivity index (χ0) is 14.7. The highest BCUT2D eigenvalue weighted by atomic mass is 16.3. The van der Waals surface area contributed by atoms with Gasteiger partial charge in [0, 0.05) is 5.57 Å². The summed E-state index contributed by atoms with van der Waals surface area (Å²) in [5.74, 6) is -0.0344. The first kappa shape index (κ1) is 18.3. The van der Waals surface area contributed by atoms with E-state index in [1.54, 1.807) is 6.08 Å². The van der Waals surface area contributed by atoms with Crippen LogP contribution in [0.2, 0.25) is 0 Å². The van der Waals surface area contributed by atoms with Gasteiger partial charge in [0.15, 0.2) is 0 Å². The Bertz CT molecular complexity index is 403. The number of hydrogen-bond acceptors (Lipinski definition) is 1. The Morgan fingerprint density at radius 1 is 0.944 bits per heavy atom. The lowest BCUT2D eigenvalue weighted by Gasteiger charge is -2.03. The third kappa shape index (κ3) is 8.17. The molecule has 0 radical (unpaired) electrons. The summed E-state index contributed by atoms with van der Waals surface area (Å²) in [5.41, 5.74) is 2.93. The monoisotopic (exact) mass is 244 g/mol. The van der Waals surface area contributed by atoms with Crippen molar-refractivity contribution in [1.82, 2.24) is 0 Å². The van der Waals surface area contributed by atoms with E-state index in [4.69, 9.17) is 0 Å². The van der Waals surface area contributed by atoms with Gasteiger partial charge in [0.05, 0.1) is 0 Å². The molecule has 0 atom stereocenters. The highest BCUT2D eigenvalue weighted by Crippen LogP contribution is 2.15. The van der Waals surface area contributed by atoms with Crippen molar-refractivity contribution in [3.63, 3.8) is 0 Å². The Morgan fingerprint density at radius 3 is 1.78 bits per heavy atom. The quantitative estimate of drug-likeness (QED) is 0.487. The number of allylic oxidation sites excluding steroid dienone is 7. The van der Waals surface area contributed by atoms with Crippen molar-refractivity contribution >= 4 is 0 Å². The average Bonchev–Trinajstić information content (AvgIpc) is 2.34. The molecule has 18 heavy (non-hydrogen) atoms. The predicted molar refractivity (Wildman–Crippen MR) is 83.6 cm³/mol. The zero-order valence-corrected chi connectivity index (χ0v) is 11.8. The van der Waals surface area contributed by atoms with Crippen LogP contribution in [-0.2, 0) is 0 Å². The molecular weight excluding hydrogens is 220 g/mol. The van der Waals surface area contributed by atoms with Gasteiger partial charge >= 0.3 is 0 Å². The zero-order valence-electron chi connectivity index (χ0n) is 11.8. The molecule has 0 aliphatic rings. The molecular formula is C17H24O. The van der Waals surface area contributed by atoms with E-state index in [1.165, 1.54) is 6.08 Å². The third-order valence-electron chi connectivity index (χ3n) is 1.86. The average molecular weight is 244 g/mol. The maximum atomic E-state index is 9.22. The van der Waals surface area contributed by atoms with E-state index in [0.29, 0.717) is 11.1 Å². The van der Waals surface area contributed by atoms with Crippen LogP contribution in [0.15, 0.2) is 85.3 Å². The van der Waals surface area contributed by atoms with E-state index in [2.05, 4.69) is 32.9 Å². The van der Waals surface area contributed by atoms with Crippen molar-refractivity contribution < 1.29 is 5.11 Å². The highest BCUT2D eigenvalue weighted by Gasteiger charge is 1.98. The molecule has 0 spiro atoms. The molecule has 0 aromatic carbocycles. The molecule has 0 fully saturated rings. The lowest BCUT2D eigenvalue weighted by molar-refractivity contribution is 0.429. The van der Waals surface area contributed by atoms with E-state index in [1.807, 2.05) is 32.9 Å². The summed E-state index contributed by atoms with van der Waals surface area (Å²) in [5, 5.41) is 9.22. The molecule has 0 saturated heterocycles. The van der Waals surface area contributed by atoms with Gasteiger partial charge < -0.3 is 5.11 Å². The van der Waals surface area contributed by atoms with E-state index < -0.39 is 0 Å². The summed E-state index contributed by atoms with van der Waals surface area (Å²) < 4.78 is 0. The van der Waals surface area contributed by atoms with Crippen LogP contribution in [0.3, 0.4) is 0 Å². The standard InChI is InChI=1S/C15H18O.C2H6/c1-7-15(14(6)16)10-13(5)12(4)9-8-11(2)3;1-2/h7-10,16H,1-2,4-6H2,3H3;1-2H3/b9-8-,15-10+;. The molecule has 98 valence electrons. The number of aliphatic hydroxyl groups excluding tert-OH is 1. The lowest BCUT2D eigenvalue weighted by Crippen LogP contribution is -1.86. The Morgan fingerprint density at radius 2 is 1.44 bits per heavy atom. The normalized spacial score (nSPS) is 10.3. The molecule has 0 rings (SSSR count). The summed E-state index contributed by atoms with van der Waals surface area (Å²) in [4.78, 5) is 0. The van der Waals surface area contributed by atoms with Gasteiger partial charge in [0.2, 0.25) is 0 Å². The minimum absolute atomic E-state index is 0.0344. The van der Waals surface area contributed by atoms with Gasteiger partial charge in [-0.15, -0.1) is 0 Å². The topological polar surface area (TPSA) is 20.2 Å². The van der Waals surface area contributed by atoms with Gasteiger partial charge in [-0.05, 0) is 24.1 Å². The number of hydrogen-bond donors (Lipinski definition) is 1.